The van der Waals surface area contributed by atoms with Crippen molar-refractivity contribution in [1.29, 1.82) is 0 Å². The number of nitrogens with one attached hydrogen (secondary N) is 1. The van der Waals surface area contributed by atoms with Crippen molar-refractivity contribution >= 4 is 17.5 Å². The van der Waals surface area contributed by atoms with Gasteiger partial charge in [0.25, 0.3) is 5.91 Å². The number of rotatable bonds is 7. The number of hydrogen-bond donors (Lipinski definition) is 1. The van der Waals surface area contributed by atoms with E-state index in [1.54, 1.807) is 6.20 Å². The number of hydrogen-bond acceptors (Lipinski definition) is 4. The number of amides is 2. The van der Waals surface area contributed by atoms with Gasteiger partial charge in [-0.15, -0.1) is 0 Å². The number of pyridine rings is 1. The number of carbonyl (C=O) groups excluding carboxylic acids is 2. The first-order valence-electron chi connectivity index (χ1n) is 12.0. The minimum Gasteiger partial charge on any atom is -0.370 e. The van der Waals surface area contributed by atoms with Crippen LogP contribution in [0.2, 0.25) is 0 Å². The first-order chi connectivity index (χ1) is 15.7. The van der Waals surface area contributed by atoms with Gasteiger partial charge in [0.05, 0.1) is 5.56 Å². The lowest BCUT2D eigenvalue weighted by molar-refractivity contribution is -0.132. The molecular weight excluding hydrogens is 400 g/mol. The fraction of sp³-hybridized carbons (Fsp3) is 0.500. The molecule has 2 aromatic rings. The van der Waals surface area contributed by atoms with Crippen LogP contribution in [-0.4, -0.2) is 54.4 Å². The van der Waals surface area contributed by atoms with Crippen LogP contribution in [0.15, 0.2) is 42.6 Å². The Balaban J connectivity index is 1.08. The fourth-order valence-corrected chi connectivity index (χ4v) is 4.89. The van der Waals surface area contributed by atoms with E-state index >= 15 is 0 Å². The Morgan fingerprint density at radius 2 is 1.81 bits per heavy atom. The van der Waals surface area contributed by atoms with Gasteiger partial charge in [-0.05, 0) is 61.8 Å². The van der Waals surface area contributed by atoms with Crippen molar-refractivity contribution in [2.75, 3.05) is 37.6 Å². The van der Waals surface area contributed by atoms with E-state index in [9.17, 15) is 9.59 Å². The molecule has 6 heteroatoms. The van der Waals surface area contributed by atoms with Crippen molar-refractivity contribution in [3.05, 3.63) is 59.4 Å². The van der Waals surface area contributed by atoms with Crippen LogP contribution in [0, 0.1) is 5.92 Å². The summed E-state index contributed by atoms with van der Waals surface area (Å²) in [5.74, 6) is 1.25. The lowest BCUT2D eigenvalue weighted by atomic mass is 9.92. The van der Waals surface area contributed by atoms with Crippen LogP contribution in [0.3, 0.4) is 0 Å². The quantitative estimate of drug-likeness (QED) is 0.729. The van der Waals surface area contributed by atoms with E-state index in [1.807, 2.05) is 17.0 Å². The highest BCUT2D eigenvalue weighted by molar-refractivity contribution is 5.93. The summed E-state index contributed by atoms with van der Waals surface area (Å²) in [6.07, 6.45) is 7.65. The van der Waals surface area contributed by atoms with Crippen molar-refractivity contribution in [1.82, 2.24) is 15.2 Å². The van der Waals surface area contributed by atoms with Gasteiger partial charge in [0.2, 0.25) is 5.91 Å². The molecule has 0 bridgehead atoms. The monoisotopic (exact) mass is 432 g/mol. The van der Waals surface area contributed by atoms with Crippen LogP contribution >= 0.6 is 0 Å². The molecule has 0 atom stereocenters. The molecule has 2 amide bonds. The Bertz CT molecular complexity index is 962. The maximum atomic E-state index is 12.8. The smallest absolute Gasteiger partial charge is 0.252 e. The van der Waals surface area contributed by atoms with Crippen LogP contribution in [0.1, 0.15) is 59.6 Å². The van der Waals surface area contributed by atoms with Crippen molar-refractivity contribution in [3.8, 4) is 0 Å². The summed E-state index contributed by atoms with van der Waals surface area (Å²) in [6, 6.07) is 12.4. The first-order valence-corrected chi connectivity index (χ1v) is 12.0. The van der Waals surface area contributed by atoms with Gasteiger partial charge in [-0.2, -0.15) is 0 Å². The normalized spacial score (nSPS) is 18.5. The molecule has 2 aliphatic heterocycles. The highest BCUT2D eigenvalue weighted by atomic mass is 16.2. The van der Waals surface area contributed by atoms with E-state index < -0.39 is 0 Å². The van der Waals surface area contributed by atoms with Crippen molar-refractivity contribution < 1.29 is 9.59 Å². The van der Waals surface area contributed by atoms with Crippen LogP contribution in [0.25, 0.3) is 0 Å². The van der Waals surface area contributed by atoms with E-state index in [0.29, 0.717) is 23.8 Å². The third-order valence-corrected chi connectivity index (χ3v) is 7.14. The largest absolute Gasteiger partial charge is 0.370 e. The summed E-state index contributed by atoms with van der Waals surface area (Å²) in [6.45, 7) is 4.14. The summed E-state index contributed by atoms with van der Waals surface area (Å²) in [7, 11) is 0. The van der Waals surface area contributed by atoms with E-state index in [-0.39, 0.29) is 11.8 Å². The second-order valence-corrected chi connectivity index (χ2v) is 9.40. The van der Waals surface area contributed by atoms with Crippen LogP contribution < -0.4 is 10.2 Å². The number of carbonyl (C=O) groups is 2. The fourth-order valence-electron chi connectivity index (χ4n) is 4.89. The van der Waals surface area contributed by atoms with E-state index in [2.05, 4.69) is 39.5 Å². The Morgan fingerprint density at radius 3 is 2.56 bits per heavy atom. The SMILES string of the molecule is O=C(NCC1CC1)c1ccc(C2CCN(C(=O)CCN3CCc4ccccc43)CC2)nc1. The number of fused-ring (bicyclic) bond motifs is 1. The van der Waals surface area contributed by atoms with Gasteiger partial charge >= 0.3 is 0 Å². The summed E-state index contributed by atoms with van der Waals surface area (Å²) < 4.78 is 0. The van der Waals surface area contributed by atoms with E-state index in [4.69, 9.17) is 0 Å². The zero-order chi connectivity index (χ0) is 21.9. The second kappa shape index (κ2) is 9.31. The summed E-state index contributed by atoms with van der Waals surface area (Å²) in [4.78, 5) is 33.9. The van der Waals surface area contributed by atoms with Gasteiger partial charge in [0, 0.05) is 62.6 Å². The molecule has 1 saturated carbocycles. The lowest BCUT2D eigenvalue weighted by Gasteiger charge is -2.32. The van der Waals surface area contributed by atoms with Gasteiger partial charge in [-0.25, -0.2) is 0 Å². The predicted molar refractivity (Wildman–Crippen MR) is 125 cm³/mol. The number of likely N-dealkylation sites (tertiary alicyclic amines) is 1. The molecule has 3 aliphatic rings. The highest BCUT2D eigenvalue weighted by Gasteiger charge is 2.26. The third-order valence-electron chi connectivity index (χ3n) is 7.14. The molecule has 1 aromatic heterocycles. The molecule has 3 heterocycles. The minimum absolute atomic E-state index is 0.0306. The number of anilines is 1. The topological polar surface area (TPSA) is 65.5 Å². The molecule has 1 N–H and O–H groups in total. The molecular formula is C26H32N4O2. The number of nitrogens with zero attached hydrogens (tertiary/aromatic N) is 3. The van der Waals surface area contributed by atoms with Crippen LogP contribution in [0.5, 0.6) is 0 Å². The maximum Gasteiger partial charge on any atom is 0.252 e. The van der Waals surface area contributed by atoms with Gasteiger partial charge in [0.1, 0.15) is 0 Å². The second-order valence-electron chi connectivity index (χ2n) is 9.40. The van der Waals surface area contributed by atoms with Crippen molar-refractivity contribution in [2.45, 2.75) is 44.4 Å². The molecule has 0 radical (unpaired) electrons. The van der Waals surface area contributed by atoms with Crippen molar-refractivity contribution in [3.63, 3.8) is 0 Å². The predicted octanol–water partition coefficient (Wildman–Crippen LogP) is 3.38. The zero-order valence-corrected chi connectivity index (χ0v) is 18.6. The molecule has 1 aliphatic carbocycles. The number of benzene rings is 1. The molecule has 5 rings (SSSR count). The molecule has 32 heavy (non-hydrogen) atoms. The molecule has 168 valence electrons. The summed E-state index contributed by atoms with van der Waals surface area (Å²) in [5, 5.41) is 2.99. The van der Waals surface area contributed by atoms with Gasteiger partial charge in [-0.1, -0.05) is 18.2 Å². The molecule has 0 spiro atoms. The first kappa shape index (κ1) is 21.0. The maximum absolute atomic E-state index is 12.8. The van der Waals surface area contributed by atoms with Crippen LogP contribution in [-0.2, 0) is 11.2 Å². The Morgan fingerprint density at radius 1 is 1.00 bits per heavy atom. The highest BCUT2D eigenvalue weighted by Crippen LogP contribution is 2.29. The van der Waals surface area contributed by atoms with Gasteiger partial charge in [0.15, 0.2) is 0 Å². The molecule has 1 aromatic carbocycles. The Kier molecular flexibility index (Phi) is 6.10. The van der Waals surface area contributed by atoms with Gasteiger partial charge < -0.3 is 15.1 Å². The standard InChI is InChI=1S/C26H32N4O2/c31-25(12-16-29-13-11-21-3-1-2-4-24(21)29)30-14-9-20(10-15-30)23-8-7-22(18-27-23)26(32)28-17-19-5-6-19/h1-4,7-8,18-20H,5-6,9-17H2,(H,28,32). The van der Waals surface area contributed by atoms with Gasteiger partial charge in [-0.3, -0.25) is 14.6 Å². The molecule has 6 nitrogen and oxygen atoms in total. The number of aromatic nitrogens is 1. The number of para-hydroxylation sites is 1. The number of piperidine rings is 1. The average Bonchev–Trinajstić information content (AvgIpc) is 3.59. The average molecular weight is 433 g/mol. The van der Waals surface area contributed by atoms with Crippen molar-refractivity contribution in [2.24, 2.45) is 5.92 Å². The molecule has 0 unspecified atom stereocenters. The zero-order valence-electron chi connectivity index (χ0n) is 18.6. The Hall–Kier alpha value is -2.89. The van der Waals surface area contributed by atoms with Crippen LogP contribution in [0.4, 0.5) is 5.69 Å². The van der Waals surface area contributed by atoms with E-state index in [1.165, 1.54) is 24.1 Å². The molecule has 2 fully saturated rings. The lowest BCUT2D eigenvalue weighted by Crippen LogP contribution is -2.39. The summed E-state index contributed by atoms with van der Waals surface area (Å²) in [5.41, 5.74) is 4.34. The van der Waals surface area contributed by atoms with E-state index in [0.717, 1.165) is 57.7 Å². The Labute approximate surface area is 190 Å². The molecule has 1 saturated heterocycles. The summed E-state index contributed by atoms with van der Waals surface area (Å²) >= 11 is 0. The minimum atomic E-state index is -0.0306. The third kappa shape index (κ3) is 4.79.